The van der Waals surface area contributed by atoms with Crippen molar-refractivity contribution in [1.82, 2.24) is 30.3 Å². The van der Waals surface area contributed by atoms with Crippen LogP contribution in [0.15, 0.2) is 29.4 Å². The molecule has 1 aliphatic rings. The highest BCUT2D eigenvalue weighted by Gasteiger charge is 2.37. The van der Waals surface area contributed by atoms with Crippen LogP contribution in [-0.4, -0.2) is 77.4 Å². The number of aliphatic hydroxyl groups excluding tert-OH is 2. The lowest BCUT2D eigenvalue weighted by Crippen LogP contribution is -2.28. The van der Waals surface area contributed by atoms with E-state index in [1.54, 1.807) is 23.4 Å². The van der Waals surface area contributed by atoms with E-state index in [1.165, 1.54) is 11.1 Å². The molecule has 12 heteroatoms. The highest BCUT2D eigenvalue weighted by molar-refractivity contribution is 7.99. The van der Waals surface area contributed by atoms with Gasteiger partial charge in [-0.3, -0.25) is 0 Å². The van der Waals surface area contributed by atoms with E-state index in [1.807, 2.05) is 0 Å². The van der Waals surface area contributed by atoms with Gasteiger partial charge in [0.25, 0.3) is 0 Å². The van der Waals surface area contributed by atoms with Crippen LogP contribution in [0.2, 0.25) is 0 Å². The Balaban J connectivity index is 0.000000568. The van der Waals surface area contributed by atoms with Crippen molar-refractivity contribution in [3.8, 4) is 0 Å². The van der Waals surface area contributed by atoms with Crippen molar-refractivity contribution in [2.75, 3.05) is 24.2 Å². The molecule has 3 atom stereocenters. The molecule has 0 spiro atoms. The van der Waals surface area contributed by atoms with E-state index in [0.717, 1.165) is 31.6 Å². The summed E-state index contributed by atoms with van der Waals surface area (Å²) in [6.07, 6.45) is 1.60. The van der Waals surface area contributed by atoms with Crippen LogP contribution in [0, 0.1) is 6.92 Å². The molecule has 5 N–H and O–H groups in total. The van der Waals surface area contributed by atoms with Crippen LogP contribution in [0.5, 0.6) is 0 Å². The highest BCUT2D eigenvalue weighted by Crippen LogP contribution is 2.33. The molecule has 202 valence electrons. The summed E-state index contributed by atoms with van der Waals surface area (Å²) in [4.78, 5) is 18.8. The second-order valence-corrected chi connectivity index (χ2v) is 10.0. The summed E-state index contributed by atoms with van der Waals surface area (Å²) in [7, 11) is 0. The van der Waals surface area contributed by atoms with Crippen LogP contribution >= 0.6 is 11.8 Å². The Morgan fingerprint density at radius 2 is 1.92 bits per heavy atom. The first-order valence-electron chi connectivity index (χ1n) is 12.7. The summed E-state index contributed by atoms with van der Waals surface area (Å²) >= 11 is 1.60. The number of nitrogens with one attached hydrogen (secondary N) is 2. The minimum Gasteiger partial charge on any atom is -0.465 e. The van der Waals surface area contributed by atoms with Crippen LogP contribution in [0.25, 0.3) is 11.2 Å². The molecule has 0 radical (unpaired) electrons. The topological polar surface area (TPSA) is 158 Å². The molecule has 1 saturated carbocycles. The van der Waals surface area contributed by atoms with Crippen molar-refractivity contribution < 1.29 is 20.1 Å². The van der Waals surface area contributed by atoms with Gasteiger partial charge in [-0.05, 0) is 51.5 Å². The van der Waals surface area contributed by atoms with Gasteiger partial charge in [0.1, 0.15) is 6.10 Å². The Labute approximate surface area is 221 Å². The first-order valence-corrected chi connectivity index (χ1v) is 13.7. The molecule has 37 heavy (non-hydrogen) atoms. The van der Waals surface area contributed by atoms with Gasteiger partial charge < -0.3 is 26.0 Å². The number of hydrogen-bond donors (Lipinski definition) is 5. The second-order valence-electron chi connectivity index (χ2n) is 8.96. The van der Waals surface area contributed by atoms with Gasteiger partial charge in [-0.1, -0.05) is 53.7 Å². The largest absolute Gasteiger partial charge is 0.465 e. The summed E-state index contributed by atoms with van der Waals surface area (Å²) < 4.78 is 1.66. The lowest BCUT2D eigenvalue weighted by Gasteiger charge is -2.16. The standard InChI is InChI=1S/C22H30N6O2S.C3H7NO2/c1-3-13-31-22-24-20(23-12-4-5-15-8-6-14(2)7-9-15)18-21(25-22)28(27-26-18)16-10-11-17(29)19(16)30;1-2-4-3(5)6/h6-9,16-17,19,29-30H,3-5,10-13H2,1-2H3,(H,23,24,25);4H,2H2,1H3,(H,5,6)/t16-,17-,19+;/m1./s1. The van der Waals surface area contributed by atoms with Crippen molar-refractivity contribution in [3.63, 3.8) is 0 Å². The van der Waals surface area contributed by atoms with E-state index in [0.29, 0.717) is 41.5 Å². The molecular weight excluding hydrogens is 494 g/mol. The zero-order valence-corrected chi connectivity index (χ0v) is 22.4. The number of anilines is 1. The second kappa shape index (κ2) is 14.1. The molecule has 2 heterocycles. The molecule has 11 nitrogen and oxygen atoms in total. The monoisotopic (exact) mass is 531 g/mol. The highest BCUT2D eigenvalue weighted by atomic mass is 32.2. The van der Waals surface area contributed by atoms with E-state index in [-0.39, 0.29) is 6.04 Å². The number of rotatable bonds is 10. The number of fused-ring (bicyclic) bond motifs is 1. The number of amides is 1. The maximum absolute atomic E-state index is 10.4. The number of thioether (sulfide) groups is 1. The quantitative estimate of drug-likeness (QED) is 0.149. The normalized spacial score (nSPS) is 18.9. The van der Waals surface area contributed by atoms with Crippen LogP contribution in [-0.2, 0) is 6.42 Å². The van der Waals surface area contributed by atoms with Gasteiger partial charge in [0.05, 0.1) is 12.1 Å². The fourth-order valence-corrected chi connectivity index (χ4v) is 4.72. The van der Waals surface area contributed by atoms with Crippen LogP contribution in [0.4, 0.5) is 10.6 Å². The molecule has 1 aliphatic carbocycles. The van der Waals surface area contributed by atoms with Gasteiger partial charge in [0.2, 0.25) is 0 Å². The van der Waals surface area contributed by atoms with Crippen molar-refractivity contribution in [1.29, 1.82) is 0 Å². The van der Waals surface area contributed by atoms with Gasteiger partial charge in [-0.2, -0.15) is 0 Å². The van der Waals surface area contributed by atoms with Crippen LogP contribution in [0.1, 0.15) is 56.7 Å². The molecule has 0 saturated heterocycles. The van der Waals surface area contributed by atoms with Crippen molar-refractivity contribution >= 4 is 34.8 Å². The van der Waals surface area contributed by atoms with Gasteiger partial charge in [0, 0.05) is 18.8 Å². The average molecular weight is 532 g/mol. The van der Waals surface area contributed by atoms with Crippen molar-refractivity contribution in [3.05, 3.63) is 35.4 Å². The number of carboxylic acid groups (broad SMARTS) is 1. The average Bonchev–Trinajstić information content (AvgIpc) is 3.44. The third-order valence-corrected chi connectivity index (χ3v) is 7.04. The van der Waals surface area contributed by atoms with Crippen molar-refractivity contribution in [2.24, 2.45) is 0 Å². The summed E-state index contributed by atoms with van der Waals surface area (Å²) in [5.41, 5.74) is 3.79. The first-order chi connectivity index (χ1) is 17.8. The first kappa shape index (κ1) is 28.6. The number of nitrogens with zero attached hydrogens (tertiary/aromatic N) is 5. The maximum Gasteiger partial charge on any atom is 0.404 e. The summed E-state index contributed by atoms with van der Waals surface area (Å²) in [6.45, 7) is 7.19. The molecule has 1 aromatic carbocycles. The van der Waals surface area contributed by atoms with Gasteiger partial charge in [-0.25, -0.2) is 19.4 Å². The number of hydrogen-bond acceptors (Lipinski definition) is 9. The predicted molar refractivity (Wildman–Crippen MR) is 144 cm³/mol. The van der Waals surface area contributed by atoms with E-state index < -0.39 is 18.3 Å². The fraction of sp³-hybridized carbons (Fsp3) is 0.560. The van der Waals surface area contributed by atoms with E-state index >= 15 is 0 Å². The Morgan fingerprint density at radius 1 is 1.16 bits per heavy atom. The molecule has 3 aromatic rings. The zero-order valence-electron chi connectivity index (χ0n) is 21.6. The van der Waals surface area contributed by atoms with E-state index in [9.17, 15) is 15.0 Å². The molecule has 4 rings (SSSR count). The smallest absolute Gasteiger partial charge is 0.404 e. The molecule has 0 aliphatic heterocycles. The van der Waals surface area contributed by atoms with Crippen molar-refractivity contribution in [2.45, 2.75) is 76.3 Å². The summed E-state index contributed by atoms with van der Waals surface area (Å²) in [5.74, 6) is 1.59. The van der Waals surface area contributed by atoms with Gasteiger partial charge in [0.15, 0.2) is 22.1 Å². The molecule has 1 amide bonds. The van der Waals surface area contributed by atoms with E-state index in [4.69, 9.17) is 5.11 Å². The van der Waals surface area contributed by atoms with Gasteiger partial charge in [-0.15, -0.1) is 5.10 Å². The lowest BCUT2D eigenvalue weighted by atomic mass is 10.1. The van der Waals surface area contributed by atoms with Crippen LogP contribution < -0.4 is 10.6 Å². The number of aromatic nitrogens is 5. The molecule has 1 fully saturated rings. The zero-order chi connectivity index (χ0) is 26.8. The summed E-state index contributed by atoms with van der Waals surface area (Å²) in [5, 5.41) is 42.9. The van der Waals surface area contributed by atoms with Crippen LogP contribution in [0.3, 0.4) is 0 Å². The Hall–Kier alpha value is -2.96. The minimum absolute atomic E-state index is 0.326. The maximum atomic E-state index is 10.4. The van der Waals surface area contributed by atoms with E-state index in [2.05, 4.69) is 69.0 Å². The lowest BCUT2D eigenvalue weighted by molar-refractivity contribution is 0.0215. The Bertz CT molecular complexity index is 1140. The van der Waals surface area contributed by atoms with Gasteiger partial charge >= 0.3 is 6.09 Å². The third-order valence-electron chi connectivity index (χ3n) is 5.98. The number of benzene rings is 1. The molecule has 2 aromatic heterocycles. The molecular formula is C25H37N7O4S. The number of aryl methyl sites for hydroxylation is 2. The third kappa shape index (κ3) is 8.01. The Kier molecular flexibility index (Phi) is 10.9. The summed E-state index contributed by atoms with van der Waals surface area (Å²) in [6, 6.07) is 8.30. The minimum atomic E-state index is -0.961. The predicted octanol–water partition coefficient (Wildman–Crippen LogP) is 3.41. The fourth-order valence-electron chi connectivity index (χ4n) is 4.03. The number of aliphatic hydroxyl groups is 2. The number of carbonyl (C=O) groups is 1. The Morgan fingerprint density at radius 3 is 2.51 bits per heavy atom. The molecule has 0 unspecified atom stereocenters. The molecule has 0 bridgehead atoms. The SMILES string of the molecule is CCCSc1nc(NCCCc2ccc(C)cc2)c2nnn([C@@H]3CC[C@@H](O)[C@H]3O)c2n1.CCNC(=O)O.